The molecule has 0 saturated carbocycles. The van der Waals surface area contributed by atoms with E-state index in [2.05, 4.69) is 10.0 Å². The van der Waals surface area contributed by atoms with Gasteiger partial charge in [-0.25, -0.2) is 8.42 Å². The summed E-state index contributed by atoms with van der Waals surface area (Å²) < 4.78 is 27.5. The second kappa shape index (κ2) is 7.79. The fraction of sp³-hybridized carbons (Fsp3) is 0.0556. The zero-order chi connectivity index (χ0) is 20.3. The van der Waals surface area contributed by atoms with Gasteiger partial charge in [0.1, 0.15) is 4.21 Å². The number of nitrogens with zero attached hydrogens (tertiary/aromatic N) is 1. The molecule has 0 spiro atoms. The Morgan fingerprint density at radius 3 is 2.43 bits per heavy atom. The van der Waals surface area contributed by atoms with Crippen molar-refractivity contribution in [2.45, 2.75) is 11.1 Å². The summed E-state index contributed by atoms with van der Waals surface area (Å²) in [5.74, 6) is -0.592. The van der Waals surface area contributed by atoms with E-state index >= 15 is 0 Å². The van der Waals surface area contributed by atoms with Gasteiger partial charge in [-0.15, -0.1) is 11.3 Å². The number of para-hydroxylation sites is 2. The lowest BCUT2D eigenvalue weighted by atomic mass is 10.1. The largest absolute Gasteiger partial charge is 0.320 e. The number of hydrogen-bond acceptors (Lipinski definition) is 6. The highest BCUT2D eigenvalue weighted by atomic mass is 32.2. The summed E-state index contributed by atoms with van der Waals surface area (Å²) in [7, 11) is -3.79. The van der Waals surface area contributed by atoms with Gasteiger partial charge in [0.05, 0.1) is 16.3 Å². The minimum atomic E-state index is -3.79. The van der Waals surface area contributed by atoms with Crippen LogP contribution in [0.15, 0.2) is 64.2 Å². The molecule has 8 nitrogen and oxygen atoms in total. The highest BCUT2D eigenvalue weighted by Crippen LogP contribution is 2.27. The van der Waals surface area contributed by atoms with Gasteiger partial charge < -0.3 is 5.32 Å². The quantitative estimate of drug-likeness (QED) is 0.464. The molecule has 0 fully saturated rings. The molecule has 0 saturated heterocycles. The summed E-state index contributed by atoms with van der Waals surface area (Å²) in [6, 6.07) is 13.5. The van der Waals surface area contributed by atoms with Crippen molar-refractivity contribution in [3.8, 4) is 0 Å². The summed E-state index contributed by atoms with van der Waals surface area (Å²) in [5, 5.41) is 15.3. The Hall–Kier alpha value is -3.24. The number of sulfonamides is 1. The van der Waals surface area contributed by atoms with E-state index in [1.165, 1.54) is 36.4 Å². The van der Waals surface area contributed by atoms with Gasteiger partial charge in [0.2, 0.25) is 0 Å². The number of aryl methyl sites for hydroxylation is 1. The molecule has 0 atom stereocenters. The molecule has 3 aromatic rings. The summed E-state index contributed by atoms with van der Waals surface area (Å²) in [6.07, 6.45) is 0. The van der Waals surface area contributed by atoms with E-state index in [1.807, 2.05) is 0 Å². The van der Waals surface area contributed by atoms with Crippen LogP contribution in [-0.4, -0.2) is 19.2 Å². The van der Waals surface area contributed by atoms with E-state index in [-0.39, 0.29) is 26.8 Å². The molecule has 10 heteroatoms. The highest BCUT2D eigenvalue weighted by Gasteiger charge is 2.19. The van der Waals surface area contributed by atoms with Crippen molar-refractivity contribution in [2.24, 2.45) is 0 Å². The molecule has 2 aromatic carbocycles. The number of hydrogen-bond donors (Lipinski definition) is 2. The first kappa shape index (κ1) is 19.5. The predicted octanol–water partition coefficient (Wildman–Crippen LogP) is 4.02. The number of nitro groups is 1. The fourth-order valence-corrected chi connectivity index (χ4v) is 4.51. The standard InChI is InChI=1S/C18H15N3O5S2/c1-12-8-9-13(11-16(12)21(23)24)18(22)19-14-5-2-3-6-15(14)20-28(25,26)17-7-4-10-27-17/h2-11,20H,1H3,(H,19,22). The number of rotatable bonds is 6. The Kier molecular flexibility index (Phi) is 5.43. The number of thiophene rings is 1. The number of carbonyl (C=O) groups is 1. The molecule has 2 N–H and O–H groups in total. The molecule has 0 aliphatic heterocycles. The second-order valence-electron chi connectivity index (χ2n) is 5.80. The maximum atomic E-state index is 12.5. The topological polar surface area (TPSA) is 118 Å². The molecule has 3 rings (SSSR count). The third-order valence-electron chi connectivity index (χ3n) is 3.85. The summed E-state index contributed by atoms with van der Waals surface area (Å²) in [5.41, 5.74) is 0.778. The van der Waals surface area contributed by atoms with Crippen molar-refractivity contribution in [1.82, 2.24) is 0 Å². The Bertz CT molecular complexity index is 1140. The lowest BCUT2D eigenvalue weighted by molar-refractivity contribution is -0.385. The Labute approximate surface area is 165 Å². The van der Waals surface area contributed by atoms with E-state index in [0.717, 1.165) is 11.3 Å². The maximum absolute atomic E-state index is 12.5. The second-order valence-corrected chi connectivity index (χ2v) is 8.65. The number of carbonyl (C=O) groups excluding carboxylic acids is 1. The third kappa shape index (κ3) is 4.18. The van der Waals surface area contributed by atoms with Crippen molar-refractivity contribution in [3.05, 3.63) is 81.2 Å². The average molecular weight is 417 g/mol. The average Bonchev–Trinajstić information content (AvgIpc) is 3.19. The van der Waals surface area contributed by atoms with Crippen molar-refractivity contribution < 1.29 is 18.1 Å². The number of anilines is 2. The minimum Gasteiger partial charge on any atom is -0.320 e. The lowest BCUT2D eigenvalue weighted by Crippen LogP contribution is -2.16. The van der Waals surface area contributed by atoms with E-state index in [0.29, 0.717) is 5.56 Å². The van der Waals surface area contributed by atoms with Crippen LogP contribution < -0.4 is 10.0 Å². The Balaban J connectivity index is 1.87. The van der Waals surface area contributed by atoms with Crippen molar-refractivity contribution in [2.75, 3.05) is 10.0 Å². The monoisotopic (exact) mass is 417 g/mol. The van der Waals surface area contributed by atoms with E-state index in [4.69, 9.17) is 0 Å². The number of benzene rings is 2. The van der Waals surface area contributed by atoms with Gasteiger partial charge in [-0.05, 0) is 36.6 Å². The number of amides is 1. The normalized spacial score (nSPS) is 11.0. The molecule has 0 bridgehead atoms. The van der Waals surface area contributed by atoms with Crippen LogP contribution in [0.4, 0.5) is 17.1 Å². The van der Waals surface area contributed by atoms with Gasteiger partial charge in [-0.3, -0.25) is 19.6 Å². The molecule has 0 unspecified atom stereocenters. The lowest BCUT2D eigenvalue weighted by Gasteiger charge is -2.13. The molecule has 0 aliphatic rings. The van der Waals surface area contributed by atoms with Crippen LogP contribution in [0.3, 0.4) is 0 Å². The van der Waals surface area contributed by atoms with Crippen LogP contribution in [0, 0.1) is 17.0 Å². The molecule has 0 aliphatic carbocycles. The van der Waals surface area contributed by atoms with Gasteiger partial charge in [0.15, 0.2) is 0 Å². The van der Waals surface area contributed by atoms with Gasteiger partial charge in [-0.1, -0.05) is 24.3 Å². The van der Waals surface area contributed by atoms with Crippen molar-refractivity contribution >= 4 is 44.3 Å². The Morgan fingerprint density at radius 2 is 1.79 bits per heavy atom. The van der Waals surface area contributed by atoms with Gasteiger partial charge in [-0.2, -0.15) is 0 Å². The molecular weight excluding hydrogens is 402 g/mol. The van der Waals surface area contributed by atoms with Crippen molar-refractivity contribution in [1.29, 1.82) is 0 Å². The predicted molar refractivity (Wildman–Crippen MR) is 107 cm³/mol. The first-order valence-electron chi connectivity index (χ1n) is 8.00. The Morgan fingerprint density at radius 1 is 1.07 bits per heavy atom. The van der Waals surface area contributed by atoms with Crippen molar-refractivity contribution in [3.63, 3.8) is 0 Å². The first-order chi connectivity index (χ1) is 13.3. The van der Waals surface area contributed by atoms with Crippen LogP contribution in [0.1, 0.15) is 15.9 Å². The van der Waals surface area contributed by atoms with Crippen LogP contribution >= 0.6 is 11.3 Å². The van der Waals surface area contributed by atoms with Crippen LogP contribution in [-0.2, 0) is 10.0 Å². The van der Waals surface area contributed by atoms with Gasteiger partial charge >= 0.3 is 0 Å². The SMILES string of the molecule is Cc1ccc(C(=O)Nc2ccccc2NS(=O)(=O)c2cccs2)cc1[N+](=O)[O-]. The molecule has 1 amide bonds. The van der Waals surface area contributed by atoms with Gasteiger partial charge in [0, 0.05) is 17.2 Å². The van der Waals surface area contributed by atoms with E-state index < -0.39 is 20.9 Å². The number of nitrogens with one attached hydrogen (secondary N) is 2. The minimum absolute atomic E-state index is 0.0909. The molecule has 28 heavy (non-hydrogen) atoms. The zero-order valence-corrected chi connectivity index (χ0v) is 16.2. The summed E-state index contributed by atoms with van der Waals surface area (Å²) in [4.78, 5) is 23.1. The number of nitro benzene ring substituents is 1. The summed E-state index contributed by atoms with van der Waals surface area (Å²) >= 11 is 1.07. The fourth-order valence-electron chi connectivity index (χ4n) is 2.43. The van der Waals surface area contributed by atoms with E-state index in [9.17, 15) is 23.3 Å². The highest BCUT2D eigenvalue weighted by molar-refractivity contribution is 7.94. The molecular formula is C18H15N3O5S2. The van der Waals surface area contributed by atoms with E-state index in [1.54, 1.807) is 30.5 Å². The molecule has 144 valence electrons. The van der Waals surface area contributed by atoms with Crippen LogP contribution in [0.2, 0.25) is 0 Å². The van der Waals surface area contributed by atoms with Crippen LogP contribution in [0.25, 0.3) is 0 Å². The zero-order valence-electron chi connectivity index (χ0n) is 14.6. The first-order valence-corrected chi connectivity index (χ1v) is 10.4. The smallest absolute Gasteiger partial charge is 0.273 e. The molecule has 1 heterocycles. The molecule has 1 aromatic heterocycles. The molecule has 0 radical (unpaired) electrons. The summed E-state index contributed by atoms with van der Waals surface area (Å²) in [6.45, 7) is 1.58. The van der Waals surface area contributed by atoms with Gasteiger partial charge in [0.25, 0.3) is 21.6 Å². The third-order valence-corrected chi connectivity index (χ3v) is 6.61. The van der Waals surface area contributed by atoms with Crippen LogP contribution in [0.5, 0.6) is 0 Å². The maximum Gasteiger partial charge on any atom is 0.273 e.